The van der Waals surface area contributed by atoms with Gasteiger partial charge >= 0.3 is 0 Å². The van der Waals surface area contributed by atoms with Crippen molar-refractivity contribution in [1.82, 2.24) is 14.5 Å². The molecule has 2 aromatic carbocycles. The van der Waals surface area contributed by atoms with E-state index >= 15 is 0 Å². The lowest BCUT2D eigenvalue weighted by molar-refractivity contribution is -0.306. The number of aliphatic carboxylic acids is 1. The SMILES string of the molecule is O=C([O-])Cn1c2ccc(Br)cc2c2nc3ccccc3nc21. The molecule has 0 saturated heterocycles. The predicted octanol–water partition coefficient (Wildman–Crippen LogP) is 2.25. The molecular weight excluding hydrogens is 346 g/mol. The van der Waals surface area contributed by atoms with Gasteiger partial charge in [-0.2, -0.15) is 0 Å². The minimum Gasteiger partial charge on any atom is -0.548 e. The molecule has 0 fully saturated rings. The van der Waals surface area contributed by atoms with E-state index in [1.165, 1.54) is 0 Å². The second kappa shape index (κ2) is 4.78. The normalized spacial score (nSPS) is 11.5. The van der Waals surface area contributed by atoms with E-state index in [2.05, 4.69) is 25.9 Å². The lowest BCUT2D eigenvalue weighted by atomic mass is 10.2. The molecule has 0 amide bonds. The summed E-state index contributed by atoms with van der Waals surface area (Å²) in [6.45, 7) is -0.255. The average Bonchev–Trinajstić information content (AvgIpc) is 2.78. The summed E-state index contributed by atoms with van der Waals surface area (Å²) in [5.74, 6) is -1.16. The van der Waals surface area contributed by atoms with Crippen molar-refractivity contribution in [1.29, 1.82) is 0 Å². The van der Waals surface area contributed by atoms with Crippen LogP contribution in [0, 0.1) is 0 Å². The first-order valence-electron chi connectivity index (χ1n) is 6.67. The van der Waals surface area contributed by atoms with Crippen LogP contribution in [-0.4, -0.2) is 20.5 Å². The molecule has 0 radical (unpaired) electrons. The standard InChI is InChI=1S/C16H10BrN3O2/c17-9-5-6-13-10(7-9)15-16(20(13)8-14(21)22)19-12-4-2-1-3-11(12)18-15/h1-7H,8H2,(H,21,22)/p-1. The van der Waals surface area contributed by atoms with Crippen molar-refractivity contribution in [3.63, 3.8) is 0 Å². The summed E-state index contributed by atoms with van der Waals surface area (Å²) in [4.78, 5) is 20.3. The molecule has 108 valence electrons. The largest absolute Gasteiger partial charge is 0.548 e. The van der Waals surface area contributed by atoms with Gasteiger partial charge in [-0.05, 0) is 30.3 Å². The molecule has 22 heavy (non-hydrogen) atoms. The quantitative estimate of drug-likeness (QED) is 0.553. The number of carbonyl (C=O) groups is 1. The highest BCUT2D eigenvalue weighted by atomic mass is 79.9. The Bertz CT molecular complexity index is 1060. The first-order chi connectivity index (χ1) is 10.6. The van der Waals surface area contributed by atoms with Crippen LogP contribution < -0.4 is 5.11 Å². The molecule has 0 bridgehead atoms. The van der Waals surface area contributed by atoms with Gasteiger partial charge in [0.1, 0.15) is 5.52 Å². The first kappa shape index (κ1) is 13.2. The van der Waals surface area contributed by atoms with E-state index in [1.807, 2.05) is 42.5 Å². The fraction of sp³-hybridized carbons (Fsp3) is 0.0625. The molecule has 6 heteroatoms. The number of para-hydroxylation sites is 2. The Morgan fingerprint density at radius 2 is 1.86 bits per heavy atom. The van der Waals surface area contributed by atoms with Crippen molar-refractivity contribution in [2.75, 3.05) is 0 Å². The zero-order valence-corrected chi connectivity index (χ0v) is 12.9. The molecular formula is C16H9BrN3O2-. The van der Waals surface area contributed by atoms with E-state index in [0.717, 1.165) is 26.4 Å². The van der Waals surface area contributed by atoms with Crippen LogP contribution in [0.3, 0.4) is 0 Å². The number of rotatable bonds is 2. The Morgan fingerprint density at radius 1 is 1.14 bits per heavy atom. The Kier molecular flexibility index (Phi) is 2.87. The van der Waals surface area contributed by atoms with Gasteiger partial charge in [-0.3, -0.25) is 0 Å². The van der Waals surface area contributed by atoms with E-state index in [9.17, 15) is 9.90 Å². The van der Waals surface area contributed by atoms with Crippen molar-refractivity contribution >= 4 is 55.0 Å². The summed E-state index contributed by atoms with van der Waals surface area (Å²) >= 11 is 3.44. The molecule has 0 aliphatic carbocycles. The zero-order valence-electron chi connectivity index (χ0n) is 11.3. The number of benzene rings is 2. The van der Waals surface area contributed by atoms with Crippen LogP contribution in [0.2, 0.25) is 0 Å². The van der Waals surface area contributed by atoms with E-state index in [4.69, 9.17) is 0 Å². The maximum atomic E-state index is 11.1. The third kappa shape index (κ3) is 1.95. The van der Waals surface area contributed by atoms with E-state index in [0.29, 0.717) is 11.2 Å². The Morgan fingerprint density at radius 3 is 2.59 bits per heavy atom. The topological polar surface area (TPSA) is 70.8 Å². The van der Waals surface area contributed by atoms with Gasteiger partial charge in [-0.1, -0.05) is 28.1 Å². The summed E-state index contributed by atoms with van der Waals surface area (Å²) in [6.07, 6.45) is 0. The van der Waals surface area contributed by atoms with Gasteiger partial charge in [0.2, 0.25) is 0 Å². The van der Waals surface area contributed by atoms with Gasteiger partial charge in [0.05, 0.1) is 29.1 Å². The Balaban J connectivity index is 2.20. The summed E-state index contributed by atoms with van der Waals surface area (Å²) in [7, 11) is 0. The number of carboxylic acids is 1. The Hall–Kier alpha value is -2.47. The number of carboxylic acid groups (broad SMARTS) is 1. The summed E-state index contributed by atoms with van der Waals surface area (Å²) in [5.41, 5.74) is 3.53. The number of hydrogen-bond donors (Lipinski definition) is 0. The van der Waals surface area contributed by atoms with Crippen molar-refractivity contribution in [2.45, 2.75) is 6.54 Å². The second-order valence-corrected chi connectivity index (χ2v) is 5.92. The van der Waals surface area contributed by atoms with Gasteiger partial charge < -0.3 is 14.5 Å². The molecule has 0 aliphatic rings. The number of carbonyl (C=O) groups excluding carboxylic acids is 1. The van der Waals surface area contributed by atoms with Crippen LogP contribution in [0.1, 0.15) is 0 Å². The van der Waals surface area contributed by atoms with Crippen LogP contribution in [-0.2, 0) is 11.3 Å². The highest BCUT2D eigenvalue weighted by Gasteiger charge is 2.14. The third-order valence-corrected chi connectivity index (χ3v) is 4.09. The van der Waals surface area contributed by atoms with Crippen molar-refractivity contribution < 1.29 is 9.90 Å². The van der Waals surface area contributed by atoms with Crippen LogP contribution in [0.5, 0.6) is 0 Å². The number of hydrogen-bond acceptors (Lipinski definition) is 4. The lowest BCUT2D eigenvalue weighted by Gasteiger charge is -2.07. The highest BCUT2D eigenvalue weighted by molar-refractivity contribution is 9.10. The number of nitrogens with zero attached hydrogens (tertiary/aromatic N) is 3. The van der Waals surface area contributed by atoms with Crippen LogP contribution in [0.25, 0.3) is 33.1 Å². The maximum Gasteiger partial charge on any atom is 0.160 e. The Labute approximate surface area is 133 Å². The zero-order chi connectivity index (χ0) is 15.3. The van der Waals surface area contributed by atoms with Crippen molar-refractivity contribution in [2.24, 2.45) is 0 Å². The van der Waals surface area contributed by atoms with Gasteiger partial charge in [-0.15, -0.1) is 0 Å². The van der Waals surface area contributed by atoms with Crippen molar-refractivity contribution in [3.8, 4) is 0 Å². The molecule has 4 aromatic rings. The highest BCUT2D eigenvalue weighted by Crippen LogP contribution is 2.30. The second-order valence-electron chi connectivity index (χ2n) is 5.00. The van der Waals surface area contributed by atoms with Gasteiger partial charge in [0.15, 0.2) is 5.65 Å². The summed E-state index contributed by atoms with van der Waals surface area (Å²) in [6, 6.07) is 13.2. The van der Waals surface area contributed by atoms with Gasteiger partial charge in [-0.25, -0.2) is 9.97 Å². The fourth-order valence-electron chi connectivity index (χ4n) is 2.70. The van der Waals surface area contributed by atoms with Gasteiger partial charge in [0, 0.05) is 9.86 Å². The summed E-state index contributed by atoms with van der Waals surface area (Å²) < 4.78 is 2.54. The smallest absolute Gasteiger partial charge is 0.160 e. The van der Waals surface area contributed by atoms with Crippen LogP contribution >= 0.6 is 15.9 Å². The molecule has 0 atom stereocenters. The van der Waals surface area contributed by atoms with Crippen LogP contribution in [0.4, 0.5) is 0 Å². The molecule has 2 heterocycles. The van der Waals surface area contributed by atoms with Crippen LogP contribution in [0.15, 0.2) is 46.9 Å². The van der Waals surface area contributed by atoms with E-state index in [-0.39, 0.29) is 6.54 Å². The van der Waals surface area contributed by atoms with Gasteiger partial charge in [0.25, 0.3) is 0 Å². The third-order valence-electron chi connectivity index (χ3n) is 3.60. The van der Waals surface area contributed by atoms with E-state index < -0.39 is 5.97 Å². The molecule has 5 nitrogen and oxygen atoms in total. The molecule has 4 rings (SSSR count). The number of halogens is 1. The summed E-state index contributed by atoms with van der Waals surface area (Å²) in [5, 5.41) is 12.0. The molecule has 0 aliphatic heterocycles. The molecule has 0 saturated carbocycles. The van der Waals surface area contributed by atoms with Crippen molar-refractivity contribution in [3.05, 3.63) is 46.9 Å². The minimum atomic E-state index is -1.16. The first-order valence-corrected chi connectivity index (χ1v) is 7.47. The average molecular weight is 355 g/mol. The number of fused-ring (bicyclic) bond motifs is 4. The maximum absolute atomic E-state index is 11.1. The molecule has 0 spiro atoms. The fourth-order valence-corrected chi connectivity index (χ4v) is 3.06. The van der Waals surface area contributed by atoms with E-state index in [1.54, 1.807) is 4.57 Å². The molecule has 2 aromatic heterocycles. The molecule has 0 N–H and O–H groups in total. The lowest BCUT2D eigenvalue weighted by Crippen LogP contribution is -2.27. The number of aromatic nitrogens is 3. The minimum absolute atomic E-state index is 0.255. The predicted molar refractivity (Wildman–Crippen MR) is 85.2 cm³/mol. The molecule has 0 unspecified atom stereocenters. The monoisotopic (exact) mass is 354 g/mol.